The second kappa shape index (κ2) is 6.97. The SMILES string of the molecule is Cc1ccc(CCC(O)c2ccc(N3CCCC3)cc2)cc1. The molecule has 1 saturated heterocycles. The van der Waals surface area contributed by atoms with Gasteiger partial charge < -0.3 is 10.0 Å². The molecule has 1 atom stereocenters. The average molecular weight is 295 g/mol. The first kappa shape index (κ1) is 15.1. The Morgan fingerprint density at radius 3 is 2.23 bits per heavy atom. The quantitative estimate of drug-likeness (QED) is 0.891. The van der Waals surface area contributed by atoms with Crippen molar-refractivity contribution in [3.05, 3.63) is 65.2 Å². The summed E-state index contributed by atoms with van der Waals surface area (Å²) >= 11 is 0. The largest absolute Gasteiger partial charge is 0.388 e. The highest BCUT2D eigenvalue weighted by Crippen LogP contribution is 2.24. The number of aryl methyl sites for hydroxylation is 2. The fourth-order valence-corrected chi connectivity index (χ4v) is 3.11. The number of anilines is 1. The van der Waals surface area contributed by atoms with E-state index in [9.17, 15) is 5.11 Å². The summed E-state index contributed by atoms with van der Waals surface area (Å²) in [6.07, 6.45) is 3.89. The number of hydrogen-bond donors (Lipinski definition) is 1. The van der Waals surface area contributed by atoms with Crippen molar-refractivity contribution in [2.45, 2.75) is 38.7 Å². The maximum absolute atomic E-state index is 10.4. The molecule has 1 aliphatic rings. The predicted octanol–water partition coefficient (Wildman–Crippen LogP) is 4.26. The van der Waals surface area contributed by atoms with Crippen LogP contribution in [0.3, 0.4) is 0 Å². The Bertz CT molecular complexity index is 582. The van der Waals surface area contributed by atoms with Crippen LogP contribution in [0.2, 0.25) is 0 Å². The molecule has 2 aromatic carbocycles. The van der Waals surface area contributed by atoms with Crippen LogP contribution < -0.4 is 4.90 Å². The molecule has 2 nitrogen and oxygen atoms in total. The molecule has 1 N–H and O–H groups in total. The molecule has 2 heteroatoms. The molecule has 0 radical (unpaired) electrons. The van der Waals surface area contributed by atoms with Gasteiger partial charge in [0.15, 0.2) is 0 Å². The van der Waals surface area contributed by atoms with Crippen molar-refractivity contribution in [1.82, 2.24) is 0 Å². The van der Waals surface area contributed by atoms with Gasteiger partial charge in [-0.15, -0.1) is 0 Å². The zero-order valence-electron chi connectivity index (χ0n) is 13.3. The highest BCUT2D eigenvalue weighted by atomic mass is 16.3. The van der Waals surface area contributed by atoms with E-state index in [2.05, 4.69) is 60.4 Å². The minimum absolute atomic E-state index is 0.381. The van der Waals surface area contributed by atoms with Crippen LogP contribution in [-0.2, 0) is 6.42 Å². The van der Waals surface area contributed by atoms with E-state index in [1.165, 1.54) is 29.7 Å². The van der Waals surface area contributed by atoms with Crippen LogP contribution in [0.5, 0.6) is 0 Å². The van der Waals surface area contributed by atoms with E-state index in [4.69, 9.17) is 0 Å². The topological polar surface area (TPSA) is 23.5 Å². The maximum Gasteiger partial charge on any atom is 0.0793 e. The van der Waals surface area contributed by atoms with Gasteiger partial charge in [0, 0.05) is 18.8 Å². The fraction of sp³-hybridized carbons (Fsp3) is 0.400. The summed E-state index contributed by atoms with van der Waals surface area (Å²) in [6.45, 7) is 4.42. The van der Waals surface area contributed by atoms with Crippen LogP contribution in [0.1, 0.15) is 42.1 Å². The Kier molecular flexibility index (Phi) is 4.79. The second-order valence-electron chi connectivity index (χ2n) is 6.33. The number of aliphatic hydroxyl groups is 1. The van der Waals surface area contributed by atoms with Gasteiger partial charge in [0.25, 0.3) is 0 Å². The molecular weight excluding hydrogens is 270 g/mol. The van der Waals surface area contributed by atoms with Gasteiger partial charge in [0.1, 0.15) is 0 Å². The lowest BCUT2D eigenvalue weighted by molar-refractivity contribution is 0.168. The zero-order chi connectivity index (χ0) is 15.4. The molecule has 0 bridgehead atoms. The number of aliphatic hydroxyl groups excluding tert-OH is 1. The molecule has 1 aliphatic heterocycles. The summed E-state index contributed by atoms with van der Waals surface area (Å²) in [6, 6.07) is 17.0. The van der Waals surface area contributed by atoms with Crippen LogP contribution in [0, 0.1) is 6.92 Å². The number of rotatable bonds is 5. The molecule has 3 rings (SSSR count). The third-order valence-corrected chi connectivity index (χ3v) is 4.58. The highest BCUT2D eigenvalue weighted by Gasteiger charge is 2.13. The van der Waals surface area contributed by atoms with E-state index in [0.717, 1.165) is 31.5 Å². The highest BCUT2D eigenvalue weighted by molar-refractivity contribution is 5.48. The summed E-state index contributed by atoms with van der Waals surface area (Å²) in [5.41, 5.74) is 4.88. The summed E-state index contributed by atoms with van der Waals surface area (Å²) in [5.74, 6) is 0. The van der Waals surface area contributed by atoms with Crippen molar-refractivity contribution >= 4 is 5.69 Å². The molecule has 116 valence electrons. The van der Waals surface area contributed by atoms with E-state index in [-0.39, 0.29) is 6.10 Å². The van der Waals surface area contributed by atoms with Crippen LogP contribution >= 0.6 is 0 Å². The second-order valence-corrected chi connectivity index (χ2v) is 6.33. The molecule has 0 aliphatic carbocycles. The van der Waals surface area contributed by atoms with Crippen LogP contribution in [-0.4, -0.2) is 18.2 Å². The minimum atomic E-state index is -0.381. The number of benzene rings is 2. The van der Waals surface area contributed by atoms with Crippen LogP contribution in [0.25, 0.3) is 0 Å². The van der Waals surface area contributed by atoms with Gasteiger partial charge in [-0.1, -0.05) is 42.0 Å². The molecule has 0 aromatic heterocycles. The Balaban J connectivity index is 1.57. The van der Waals surface area contributed by atoms with Gasteiger partial charge >= 0.3 is 0 Å². The van der Waals surface area contributed by atoms with Gasteiger partial charge in [-0.25, -0.2) is 0 Å². The first-order valence-corrected chi connectivity index (χ1v) is 8.31. The standard InChI is InChI=1S/C20H25NO/c1-16-4-6-17(7-5-16)8-13-20(22)18-9-11-19(12-10-18)21-14-2-3-15-21/h4-7,9-12,20,22H,2-3,8,13-15H2,1H3. The Hall–Kier alpha value is -1.80. The van der Waals surface area contributed by atoms with E-state index < -0.39 is 0 Å². The van der Waals surface area contributed by atoms with Gasteiger partial charge in [-0.05, 0) is 55.9 Å². The first-order chi connectivity index (χ1) is 10.7. The molecule has 1 unspecified atom stereocenters. The lowest BCUT2D eigenvalue weighted by atomic mass is 10.0. The Labute approximate surface area is 133 Å². The smallest absolute Gasteiger partial charge is 0.0793 e. The number of hydrogen-bond acceptors (Lipinski definition) is 2. The van der Waals surface area contributed by atoms with E-state index in [1.807, 2.05) is 0 Å². The molecule has 22 heavy (non-hydrogen) atoms. The van der Waals surface area contributed by atoms with Gasteiger partial charge in [-0.2, -0.15) is 0 Å². The number of nitrogens with zero attached hydrogens (tertiary/aromatic N) is 1. The third kappa shape index (κ3) is 3.69. The molecule has 2 aromatic rings. The van der Waals surface area contributed by atoms with Gasteiger partial charge in [-0.3, -0.25) is 0 Å². The third-order valence-electron chi connectivity index (χ3n) is 4.58. The maximum atomic E-state index is 10.4. The minimum Gasteiger partial charge on any atom is -0.388 e. The fourth-order valence-electron chi connectivity index (χ4n) is 3.11. The lowest BCUT2D eigenvalue weighted by Gasteiger charge is -2.18. The van der Waals surface area contributed by atoms with Gasteiger partial charge in [0.05, 0.1) is 6.10 Å². The Morgan fingerprint density at radius 1 is 0.955 bits per heavy atom. The van der Waals surface area contributed by atoms with Crippen molar-refractivity contribution in [3.8, 4) is 0 Å². The normalized spacial score (nSPS) is 16.0. The monoisotopic (exact) mass is 295 g/mol. The van der Waals surface area contributed by atoms with Crippen molar-refractivity contribution in [2.75, 3.05) is 18.0 Å². The molecule has 0 saturated carbocycles. The van der Waals surface area contributed by atoms with Crippen molar-refractivity contribution in [1.29, 1.82) is 0 Å². The van der Waals surface area contributed by atoms with Crippen LogP contribution in [0.4, 0.5) is 5.69 Å². The van der Waals surface area contributed by atoms with Crippen molar-refractivity contribution in [3.63, 3.8) is 0 Å². The summed E-state index contributed by atoms with van der Waals surface area (Å²) < 4.78 is 0. The lowest BCUT2D eigenvalue weighted by Crippen LogP contribution is -2.17. The van der Waals surface area contributed by atoms with E-state index in [0.29, 0.717) is 0 Å². The summed E-state index contributed by atoms with van der Waals surface area (Å²) in [5, 5.41) is 10.4. The first-order valence-electron chi connectivity index (χ1n) is 8.31. The van der Waals surface area contributed by atoms with Gasteiger partial charge in [0.2, 0.25) is 0 Å². The molecule has 1 fully saturated rings. The van der Waals surface area contributed by atoms with Crippen molar-refractivity contribution < 1.29 is 5.11 Å². The zero-order valence-corrected chi connectivity index (χ0v) is 13.3. The molecule has 0 amide bonds. The van der Waals surface area contributed by atoms with E-state index in [1.54, 1.807) is 0 Å². The average Bonchev–Trinajstić information content (AvgIpc) is 3.09. The molecule has 1 heterocycles. The predicted molar refractivity (Wildman–Crippen MR) is 92.3 cm³/mol. The van der Waals surface area contributed by atoms with Crippen molar-refractivity contribution in [2.24, 2.45) is 0 Å². The van der Waals surface area contributed by atoms with Crippen LogP contribution in [0.15, 0.2) is 48.5 Å². The van der Waals surface area contributed by atoms with E-state index >= 15 is 0 Å². The molecule has 0 spiro atoms. The molecular formula is C20H25NO. The summed E-state index contributed by atoms with van der Waals surface area (Å²) in [4.78, 5) is 2.42. The Morgan fingerprint density at radius 2 is 1.59 bits per heavy atom. The summed E-state index contributed by atoms with van der Waals surface area (Å²) in [7, 11) is 0.